The minimum Gasteiger partial charge on any atom is -0.491 e. The molecule has 0 spiro atoms. The Morgan fingerprint density at radius 3 is 2.57 bits per heavy atom. The van der Waals surface area contributed by atoms with Gasteiger partial charge in [-0.2, -0.15) is 0 Å². The summed E-state index contributed by atoms with van der Waals surface area (Å²) in [6.45, 7) is 3.74. The number of pyridine rings is 1. The molecule has 4 rings (SSSR count). The van der Waals surface area contributed by atoms with E-state index in [0.717, 1.165) is 55.5 Å². The van der Waals surface area contributed by atoms with Gasteiger partial charge in [-0.1, -0.05) is 6.07 Å². The highest BCUT2D eigenvalue weighted by Crippen LogP contribution is 2.36. The van der Waals surface area contributed by atoms with E-state index in [9.17, 15) is 9.59 Å². The van der Waals surface area contributed by atoms with Crippen LogP contribution in [-0.2, 0) is 34.3 Å². The van der Waals surface area contributed by atoms with Crippen LogP contribution < -0.4 is 15.6 Å². The van der Waals surface area contributed by atoms with Gasteiger partial charge >= 0.3 is 0 Å². The van der Waals surface area contributed by atoms with Crippen molar-refractivity contribution in [3.8, 4) is 5.75 Å². The number of nitrogens with zero attached hydrogens (tertiary/aromatic N) is 2. The van der Waals surface area contributed by atoms with E-state index in [2.05, 4.69) is 28.4 Å². The predicted molar refractivity (Wildman–Crippen MR) is 143 cm³/mol. The molecule has 8 nitrogen and oxygen atoms in total. The van der Waals surface area contributed by atoms with E-state index < -0.39 is 0 Å². The van der Waals surface area contributed by atoms with Crippen molar-refractivity contribution in [1.29, 1.82) is 0 Å². The van der Waals surface area contributed by atoms with Crippen LogP contribution in [0, 0.1) is 5.92 Å². The first-order valence-electron chi connectivity index (χ1n) is 13.4. The Morgan fingerprint density at radius 1 is 1.05 bits per heavy atom. The molecule has 0 radical (unpaired) electrons. The Kier molecular flexibility index (Phi) is 9.77. The molecule has 1 aromatic carbocycles. The summed E-state index contributed by atoms with van der Waals surface area (Å²) in [6.07, 6.45) is 6.53. The number of ether oxygens (including phenoxy) is 3. The predicted octanol–water partition coefficient (Wildman–Crippen LogP) is 2.87. The Labute approximate surface area is 219 Å². The lowest BCUT2D eigenvalue weighted by Gasteiger charge is -2.36. The van der Waals surface area contributed by atoms with Crippen LogP contribution in [0.15, 0.2) is 41.3 Å². The van der Waals surface area contributed by atoms with Crippen LogP contribution in [-0.4, -0.2) is 68.5 Å². The number of hydrogen-bond donors (Lipinski definition) is 1. The van der Waals surface area contributed by atoms with E-state index in [-0.39, 0.29) is 29.3 Å². The van der Waals surface area contributed by atoms with E-state index in [1.165, 1.54) is 5.56 Å². The van der Waals surface area contributed by atoms with Crippen LogP contribution in [0.2, 0.25) is 0 Å². The third-order valence-electron chi connectivity index (χ3n) is 7.38. The molecule has 2 heterocycles. The smallest absolute Gasteiger partial charge is 0.250 e. The molecule has 2 fully saturated rings. The van der Waals surface area contributed by atoms with Gasteiger partial charge in [-0.25, -0.2) is 0 Å². The molecule has 1 aromatic heterocycles. The largest absolute Gasteiger partial charge is 0.491 e. The summed E-state index contributed by atoms with van der Waals surface area (Å²) in [6, 6.07) is 10.3. The van der Waals surface area contributed by atoms with Crippen molar-refractivity contribution in [3.63, 3.8) is 0 Å². The Hall–Kier alpha value is -2.68. The number of hydrogen-bond acceptors (Lipinski definition) is 6. The van der Waals surface area contributed by atoms with Crippen molar-refractivity contribution in [2.75, 3.05) is 47.1 Å². The lowest BCUT2D eigenvalue weighted by Crippen LogP contribution is -2.47. The summed E-state index contributed by atoms with van der Waals surface area (Å²) in [5, 5.41) is 3.42. The van der Waals surface area contributed by atoms with Crippen molar-refractivity contribution in [3.05, 3.63) is 63.6 Å². The number of carbonyl (C=O) groups is 1. The average Bonchev–Trinajstić information content (AvgIpc) is 3.74. The quantitative estimate of drug-likeness (QED) is 0.417. The molecular formula is C29H41N3O5. The van der Waals surface area contributed by atoms with Gasteiger partial charge in [-0.3, -0.25) is 9.59 Å². The number of aromatic nitrogens is 1. The summed E-state index contributed by atoms with van der Waals surface area (Å²) in [5.41, 5.74) is 3.19. The Bertz CT molecular complexity index is 1070. The summed E-state index contributed by atoms with van der Waals surface area (Å²) in [5.74, 6) is 0.829. The first-order valence-corrected chi connectivity index (χ1v) is 13.4. The second kappa shape index (κ2) is 13.2. The minimum atomic E-state index is -0.191. The fraction of sp³-hybridized carbons (Fsp3) is 0.586. The molecule has 1 amide bonds. The Morgan fingerprint density at radius 2 is 1.84 bits per heavy atom. The van der Waals surface area contributed by atoms with Crippen LogP contribution in [0.3, 0.4) is 0 Å². The fourth-order valence-corrected chi connectivity index (χ4v) is 5.21. The standard InChI is InChI=1S/C29H41N3O5/c1-31-11-9-23(18-28(31)33)26-8-10-30-19-27(26)29(34)32(24-6-7-24)20-22-15-21(5-4-12-35-2)16-25(17-22)37-14-13-36-3/h9,11,15-18,24,26-27,30H,4-8,10,12-14,19-20H2,1-3H3/t26-,27+/m0/s1. The molecule has 1 N–H and O–H groups in total. The molecule has 0 unspecified atom stereocenters. The van der Waals surface area contributed by atoms with Crippen molar-refractivity contribution in [2.24, 2.45) is 13.0 Å². The topological polar surface area (TPSA) is 82.0 Å². The zero-order chi connectivity index (χ0) is 26.2. The highest BCUT2D eigenvalue weighted by molar-refractivity contribution is 5.81. The molecule has 37 heavy (non-hydrogen) atoms. The van der Waals surface area contributed by atoms with E-state index >= 15 is 0 Å². The second-order valence-electron chi connectivity index (χ2n) is 10.2. The zero-order valence-corrected chi connectivity index (χ0v) is 22.4. The number of amides is 1. The molecule has 8 heteroatoms. The molecular weight excluding hydrogens is 470 g/mol. The van der Waals surface area contributed by atoms with Crippen molar-refractivity contribution in [2.45, 2.75) is 50.6 Å². The van der Waals surface area contributed by atoms with Crippen molar-refractivity contribution in [1.82, 2.24) is 14.8 Å². The average molecular weight is 512 g/mol. The molecule has 2 aliphatic rings. The van der Waals surface area contributed by atoms with Crippen LogP contribution in [0.25, 0.3) is 0 Å². The van der Waals surface area contributed by atoms with Crippen LogP contribution in [0.5, 0.6) is 5.75 Å². The maximum atomic E-state index is 14.0. The number of nitrogens with one attached hydrogen (secondary N) is 1. The summed E-state index contributed by atoms with van der Waals surface area (Å²) < 4.78 is 17.9. The van der Waals surface area contributed by atoms with Gasteiger partial charge in [0.05, 0.1) is 12.5 Å². The third-order valence-corrected chi connectivity index (χ3v) is 7.38. The van der Waals surface area contributed by atoms with Gasteiger partial charge in [-0.15, -0.1) is 0 Å². The van der Waals surface area contributed by atoms with Gasteiger partial charge in [0.1, 0.15) is 12.4 Å². The van der Waals surface area contributed by atoms with E-state index in [1.54, 1.807) is 38.1 Å². The maximum Gasteiger partial charge on any atom is 0.250 e. The van der Waals surface area contributed by atoms with Crippen molar-refractivity contribution >= 4 is 5.91 Å². The van der Waals surface area contributed by atoms with Gasteiger partial charge in [0.25, 0.3) is 5.56 Å². The molecule has 202 valence electrons. The van der Waals surface area contributed by atoms with Gasteiger partial charge in [0.15, 0.2) is 0 Å². The third kappa shape index (κ3) is 7.43. The van der Waals surface area contributed by atoms with E-state index in [0.29, 0.717) is 32.9 Å². The molecule has 2 aromatic rings. The number of methoxy groups -OCH3 is 2. The summed E-state index contributed by atoms with van der Waals surface area (Å²) >= 11 is 0. The monoisotopic (exact) mass is 511 g/mol. The number of carbonyl (C=O) groups excluding carboxylic acids is 1. The lowest BCUT2D eigenvalue weighted by atomic mass is 9.80. The fourth-order valence-electron chi connectivity index (χ4n) is 5.21. The van der Waals surface area contributed by atoms with Crippen LogP contribution in [0.1, 0.15) is 48.3 Å². The van der Waals surface area contributed by atoms with Gasteiger partial charge in [0.2, 0.25) is 5.91 Å². The minimum absolute atomic E-state index is 0.0347. The van der Waals surface area contributed by atoms with Gasteiger partial charge in [0, 0.05) is 59.3 Å². The molecule has 1 aliphatic heterocycles. The molecule has 1 saturated carbocycles. The van der Waals surface area contributed by atoms with E-state index in [4.69, 9.17) is 14.2 Å². The summed E-state index contributed by atoms with van der Waals surface area (Å²) in [7, 11) is 5.13. The first-order chi connectivity index (χ1) is 18.0. The molecule has 1 aliphatic carbocycles. The number of aryl methyl sites for hydroxylation is 2. The molecule has 1 saturated heterocycles. The van der Waals surface area contributed by atoms with Crippen molar-refractivity contribution < 1.29 is 19.0 Å². The number of piperidine rings is 1. The van der Waals surface area contributed by atoms with Gasteiger partial charge < -0.3 is 29.0 Å². The Balaban J connectivity index is 1.55. The van der Waals surface area contributed by atoms with Gasteiger partial charge in [-0.05, 0) is 79.5 Å². The maximum absolute atomic E-state index is 14.0. The zero-order valence-electron chi connectivity index (χ0n) is 22.4. The molecule has 2 atom stereocenters. The lowest BCUT2D eigenvalue weighted by molar-refractivity contribution is -0.138. The van der Waals surface area contributed by atoms with Crippen LogP contribution in [0.4, 0.5) is 0 Å². The SMILES string of the molecule is COCCCc1cc(CN(C(=O)[C@@H]2CNCC[C@H]2c2ccn(C)c(=O)c2)C2CC2)cc(OCCOC)c1. The molecule has 0 bridgehead atoms. The number of rotatable bonds is 13. The second-order valence-corrected chi connectivity index (χ2v) is 10.2. The first kappa shape index (κ1) is 27.4. The normalized spacial score (nSPS) is 19.5. The van der Waals surface area contributed by atoms with E-state index in [1.807, 2.05) is 6.07 Å². The highest BCUT2D eigenvalue weighted by atomic mass is 16.5. The highest BCUT2D eigenvalue weighted by Gasteiger charge is 2.40. The number of benzene rings is 1. The summed E-state index contributed by atoms with van der Waals surface area (Å²) in [4.78, 5) is 28.4. The van der Waals surface area contributed by atoms with Crippen LogP contribution >= 0.6 is 0 Å².